The van der Waals surface area contributed by atoms with Gasteiger partial charge in [0.15, 0.2) is 0 Å². The van der Waals surface area contributed by atoms with Crippen LogP contribution in [0.3, 0.4) is 0 Å². The van der Waals surface area contributed by atoms with Crippen molar-refractivity contribution >= 4 is 6.09 Å². The molecule has 0 aromatic heterocycles. The van der Waals surface area contributed by atoms with Crippen LogP contribution in [-0.4, -0.2) is 53.2 Å². The quantitative estimate of drug-likeness (QED) is 0.701. The minimum absolute atomic E-state index is 0.0977. The van der Waals surface area contributed by atoms with Crippen LogP contribution >= 0.6 is 0 Å². The molecule has 0 radical (unpaired) electrons. The second-order valence-electron chi connectivity index (χ2n) is 9.16. The van der Waals surface area contributed by atoms with Crippen LogP contribution in [0.25, 0.3) is 0 Å². The molecule has 150 valence electrons. The average Bonchev–Trinajstić information content (AvgIpc) is 3.38. The molecule has 1 heterocycles. The highest BCUT2D eigenvalue weighted by Gasteiger charge is 2.59. The normalized spacial score (nSPS) is 25.9. The highest BCUT2D eigenvalue weighted by molar-refractivity contribution is 5.70. The summed E-state index contributed by atoms with van der Waals surface area (Å²) in [5, 5.41) is 0. The van der Waals surface area contributed by atoms with Gasteiger partial charge in [0.1, 0.15) is 5.60 Å². The molecule has 2 aliphatic rings. The summed E-state index contributed by atoms with van der Waals surface area (Å²) in [6.07, 6.45) is 5.73. The number of benzene rings is 1. The Morgan fingerprint density at radius 3 is 2.44 bits per heavy atom. The van der Waals surface area contributed by atoms with E-state index < -0.39 is 5.60 Å². The number of hydrogen-bond acceptors (Lipinski definition) is 3. The van der Waals surface area contributed by atoms with Gasteiger partial charge in [0.05, 0.1) is 5.54 Å². The molecule has 4 nitrogen and oxygen atoms in total. The Morgan fingerprint density at radius 2 is 1.85 bits per heavy atom. The van der Waals surface area contributed by atoms with Gasteiger partial charge in [0.25, 0.3) is 0 Å². The van der Waals surface area contributed by atoms with E-state index in [1.54, 1.807) is 0 Å². The third-order valence-electron chi connectivity index (χ3n) is 6.10. The average molecular weight is 373 g/mol. The summed E-state index contributed by atoms with van der Waals surface area (Å²) in [5.74, 6) is 0.414. The molecule has 1 aliphatic carbocycles. The van der Waals surface area contributed by atoms with Gasteiger partial charge in [0, 0.05) is 19.0 Å². The highest BCUT2D eigenvalue weighted by Crippen LogP contribution is 2.57. The summed E-state index contributed by atoms with van der Waals surface area (Å²) in [6.45, 7) is 12.1. The lowest BCUT2D eigenvalue weighted by atomic mass is 10.0. The largest absolute Gasteiger partial charge is 0.444 e. The van der Waals surface area contributed by atoms with Gasteiger partial charge >= 0.3 is 6.09 Å². The number of carbonyl (C=O) groups excluding carboxylic acids is 1. The number of nitrogens with zero attached hydrogens (tertiary/aromatic N) is 2. The number of amides is 1. The van der Waals surface area contributed by atoms with Gasteiger partial charge in [-0.05, 0) is 65.1 Å². The van der Waals surface area contributed by atoms with Gasteiger partial charge in [-0.15, -0.1) is 0 Å². The minimum Gasteiger partial charge on any atom is -0.444 e. The van der Waals surface area contributed by atoms with Gasteiger partial charge in [-0.3, -0.25) is 0 Å². The summed E-state index contributed by atoms with van der Waals surface area (Å²) in [7, 11) is 0. The van der Waals surface area contributed by atoms with Crippen molar-refractivity contribution in [3.05, 3.63) is 35.9 Å². The molecule has 2 fully saturated rings. The van der Waals surface area contributed by atoms with E-state index in [0.29, 0.717) is 5.92 Å². The van der Waals surface area contributed by atoms with Gasteiger partial charge in [-0.2, -0.15) is 0 Å². The van der Waals surface area contributed by atoms with Gasteiger partial charge in [-0.1, -0.05) is 43.7 Å². The Balaban J connectivity index is 1.76. The van der Waals surface area contributed by atoms with Crippen molar-refractivity contribution in [3.63, 3.8) is 0 Å². The van der Waals surface area contributed by atoms with E-state index in [-0.39, 0.29) is 11.6 Å². The van der Waals surface area contributed by atoms with Crippen molar-refractivity contribution in [1.29, 1.82) is 0 Å². The van der Waals surface area contributed by atoms with Crippen molar-refractivity contribution in [2.75, 3.05) is 26.2 Å². The first-order chi connectivity index (χ1) is 12.9. The summed E-state index contributed by atoms with van der Waals surface area (Å²) >= 11 is 0. The summed E-state index contributed by atoms with van der Waals surface area (Å²) in [4.78, 5) is 17.7. The van der Waals surface area contributed by atoms with Crippen molar-refractivity contribution in [1.82, 2.24) is 9.80 Å². The highest BCUT2D eigenvalue weighted by atomic mass is 16.6. The third kappa shape index (κ3) is 4.84. The molecular formula is C23H36N2O2. The Kier molecular flexibility index (Phi) is 6.15. The topological polar surface area (TPSA) is 32.8 Å². The molecule has 0 spiro atoms. The van der Waals surface area contributed by atoms with E-state index in [4.69, 9.17) is 4.74 Å². The Labute approximate surface area is 164 Å². The third-order valence-corrected chi connectivity index (χ3v) is 6.10. The monoisotopic (exact) mass is 372 g/mol. The molecule has 1 aromatic carbocycles. The molecule has 1 amide bonds. The van der Waals surface area contributed by atoms with Crippen LogP contribution in [0.2, 0.25) is 0 Å². The fourth-order valence-electron chi connectivity index (χ4n) is 4.53. The molecule has 1 aromatic rings. The van der Waals surface area contributed by atoms with Crippen molar-refractivity contribution < 1.29 is 9.53 Å². The molecule has 1 saturated carbocycles. The zero-order valence-electron chi connectivity index (χ0n) is 17.5. The first-order valence-corrected chi connectivity index (χ1v) is 10.6. The van der Waals surface area contributed by atoms with Gasteiger partial charge < -0.3 is 14.5 Å². The Hall–Kier alpha value is -1.55. The smallest absolute Gasteiger partial charge is 0.410 e. The van der Waals surface area contributed by atoms with Crippen molar-refractivity contribution in [3.8, 4) is 0 Å². The molecule has 4 heteroatoms. The molecule has 0 N–H and O–H groups in total. The molecule has 1 aliphatic heterocycles. The lowest BCUT2D eigenvalue weighted by Gasteiger charge is -2.36. The predicted octanol–water partition coefficient (Wildman–Crippen LogP) is 5.05. The molecule has 2 atom stereocenters. The van der Waals surface area contributed by atoms with Gasteiger partial charge in [0.2, 0.25) is 0 Å². The molecule has 27 heavy (non-hydrogen) atoms. The maximum atomic E-state index is 13.1. The number of carbonyl (C=O) groups is 1. The number of hydrogen-bond donors (Lipinski definition) is 0. The van der Waals surface area contributed by atoms with Crippen LogP contribution in [0.1, 0.15) is 71.3 Å². The number of rotatable bonds is 6. The van der Waals surface area contributed by atoms with Crippen LogP contribution in [0.4, 0.5) is 4.79 Å². The summed E-state index contributed by atoms with van der Waals surface area (Å²) in [5.41, 5.74) is 0.775. The van der Waals surface area contributed by atoms with E-state index in [1.165, 1.54) is 24.8 Å². The zero-order chi connectivity index (χ0) is 19.5. The summed E-state index contributed by atoms with van der Waals surface area (Å²) in [6, 6.07) is 10.6. The second kappa shape index (κ2) is 8.22. The standard InChI is InChI=1S/C23H36N2O2/c1-5-23(18-20(23)19-12-8-6-9-13-19)25(21(26)27-22(2,3)4)17-16-24-14-10-7-11-15-24/h6,8-9,12-13,20H,5,7,10-11,14-18H2,1-4H3. The van der Waals surface area contributed by atoms with E-state index in [0.717, 1.165) is 39.0 Å². The minimum atomic E-state index is -0.466. The Morgan fingerprint density at radius 1 is 1.19 bits per heavy atom. The Bertz CT molecular complexity index is 619. The first kappa shape index (κ1) is 20.2. The molecular weight excluding hydrogens is 336 g/mol. The van der Waals surface area contributed by atoms with Crippen LogP contribution in [0.15, 0.2) is 30.3 Å². The lowest BCUT2D eigenvalue weighted by Crippen LogP contribution is -2.49. The van der Waals surface area contributed by atoms with Crippen LogP contribution < -0.4 is 0 Å². The maximum Gasteiger partial charge on any atom is 0.410 e. The predicted molar refractivity (Wildman–Crippen MR) is 110 cm³/mol. The fourth-order valence-corrected chi connectivity index (χ4v) is 4.53. The molecule has 2 unspecified atom stereocenters. The first-order valence-electron chi connectivity index (χ1n) is 10.6. The van der Waals surface area contributed by atoms with E-state index >= 15 is 0 Å². The van der Waals surface area contributed by atoms with Crippen LogP contribution in [-0.2, 0) is 4.74 Å². The fraction of sp³-hybridized carbons (Fsp3) is 0.696. The number of ether oxygens (including phenoxy) is 1. The molecule has 3 rings (SSSR count). The van der Waals surface area contributed by atoms with Crippen molar-refractivity contribution in [2.45, 2.75) is 76.9 Å². The SMILES string of the molecule is CCC1(N(CCN2CCCCC2)C(=O)OC(C)(C)C)CC1c1ccccc1. The van der Waals surface area contributed by atoms with E-state index in [9.17, 15) is 4.79 Å². The van der Waals surface area contributed by atoms with Crippen LogP contribution in [0, 0.1) is 0 Å². The zero-order valence-corrected chi connectivity index (χ0v) is 17.5. The van der Waals surface area contributed by atoms with E-state index in [2.05, 4.69) is 47.1 Å². The van der Waals surface area contributed by atoms with Gasteiger partial charge in [-0.25, -0.2) is 4.79 Å². The van der Waals surface area contributed by atoms with Crippen LogP contribution in [0.5, 0.6) is 0 Å². The number of piperidine rings is 1. The molecule has 1 saturated heterocycles. The molecule has 0 bridgehead atoms. The number of likely N-dealkylation sites (tertiary alicyclic amines) is 1. The maximum absolute atomic E-state index is 13.1. The summed E-state index contributed by atoms with van der Waals surface area (Å²) < 4.78 is 5.82. The van der Waals surface area contributed by atoms with E-state index in [1.807, 2.05) is 20.8 Å². The lowest BCUT2D eigenvalue weighted by molar-refractivity contribution is 0.00872. The van der Waals surface area contributed by atoms with Crippen molar-refractivity contribution in [2.24, 2.45) is 0 Å². The second-order valence-corrected chi connectivity index (χ2v) is 9.16.